The van der Waals surface area contributed by atoms with E-state index < -0.39 is 18.4 Å². The molecule has 0 spiro atoms. The van der Waals surface area contributed by atoms with Crippen LogP contribution in [0.3, 0.4) is 0 Å². The number of esters is 1. The fraction of sp³-hybridized carbons (Fsp3) is 0.951. The number of hydrogen-bond donors (Lipinski definition) is 2. The molecule has 0 rings (SSSR count). The van der Waals surface area contributed by atoms with E-state index in [0.29, 0.717) is 17.4 Å². The van der Waals surface area contributed by atoms with Gasteiger partial charge in [-0.15, -0.1) is 0 Å². The molecule has 292 valence electrons. The van der Waals surface area contributed by atoms with Crippen LogP contribution in [0.5, 0.6) is 0 Å². The third-order valence-electron chi connectivity index (χ3n) is 9.34. The van der Waals surface area contributed by atoms with E-state index in [1.54, 1.807) is 0 Å². The standard InChI is InChI=1S/C41H81NO7/c1-5-6-7-8-9-10-11-12-13-14-15-16-17-18-19-20-21-22-23-24-25-26-27-28-29-30-31-32-33-39(44)48-36-38(43)37-49-41(40(45)46)47-35-34-42(2,3)4/h38,41,43H,5-37H2,1-4H3/p+1. The Morgan fingerprint density at radius 2 is 0.878 bits per heavy atom. The van der Waals surface area contributed by atoms with Crippen LogP contribution in [0.2, 0.25) is 0 Å². The van der Waals surface area contributed by atoms with Crippen LogP contribution in [0, 0.1) is 0 Å². The van der Waals surface area contributed by atoms with Gasteiger partial charge in [0.2, 0.25) is 0 Å². The average molecular weight is 701 g/mol. The molecular weight excluding hydrogens is 618 g/mol. The number of carbonyl (C=O) groups is 2. The number of likely N-dealkylation sites (N-methyl/N-ethyl adjacent to an activating group) is 1. The van der Waals surface area contributed by atoms with Crippen molar-refractivity contribution in [2.75, 3.05) is 47.5 Å². The lowest BCUT2D eigenvalue weighted by Gasteiger charge is -2.24. The van der Waals surface area contributed by atoms with Gasteiger partial charge in [0.25, 0.3) is 6.29 Å². The van der Waals surface area contributed by atoms with Crippen LogP contribution in [-0.4, -0.2) is 86.5 Å². The van der Waals surface area contributed by atoms with Crippen LogP contribution in [0.25, 0.3) is 0 Å². The first kappa shape index (κ1) is 47.8. The first-order valence-electron chi connectivity index (χ1n) is 20.8. The molecule has 0 aliphatic carbocycles. The van der Waals surface area contributed by atoms with Crippen LogP contribution in [0.15, 0.2) is 0 Å². The molecule has 0 aromatic rings. The summed E-state index contributed by atoms with van der Waals surface area (Å²) < 4.78 is 16.2. The SMILES string of the molecule is CCCCCCCCCCCCCCCCCCCCCCCCCCCCCCC(=O)OCC(O)COC(OCC[N+](C)(C)C)C(=O)O. The fourth-order valence-electron chi connectivity index (χ4n) is 6.07. The predicted molar refractivity (Wildman–Crippen MR) is 203 cm³/mol. The number of carboxylic acids is 1. The molecule has 0 heterocycles. The van der Waals surface area contributed by atoms with Gasteiger partial charge in [0.1, 0.15) is 19.3 Å². The first-order valence-corrected chi connectivity index (χ1v) is 20.8. The highest BCUT2D eigenvalue weighted by Gasteiger charge is 2.22. The van der Waals surface area contributed by atoms with Gasteiger partial charge < -0.3 is 28.9 Å². The summed E-state index contributed by atoms with van der Waals surface area (Å²) in [7, 11) is 5.93. The number of carbonyl (C=O) groups excluding carboxylic acids is 1. The van der Waals surface area contributed by atoms with Crippen molar-refractivity contribution in [2.24, 2.45) is 0 Å². The Morgan fingerprint density at radius 3 is 1.20 bits per heavy atom. The van der Waals surface area contributed by atoms with Crippen LogP contribution in [-0.2, 0) is 23.8 Å². The summed E-state index contributed by atoms with van der Waals surface area (Å²) in [5, 5.41) is 19.2. The van der Waals surface area contributed by atoms with E-state index >= 15 is 0 Å². The van der Waals surface area contributed by atoms with Gasteiger partial charge in [-0.2, -0.15) is 0 Å². The fourth-order valence-corrected chi connectivity index (χ4v) is 6.07. The third-order valence-corrected chi connectivity index (χ3v) is 9.34. The van der Waals surface area contributed by atoms with Crippen molar-refractivity contribution >= 4 is 11.9 Å². The number of unbranched alkanes of at least 4 members (excludes halogenated alkanes) is 27. The molecule has 0 aromatic heterocycles. The van der Waals surface area contributed by atoms with Crippen molar-refractivity contribution in [3.8, 4) is 0 Å². The molecule has 0 saturated heterocycles. The summed E-state index contributed by atoms with van der Waals surface area (Å²) in [6, 6.07) is 0. The molecule has 49 heavy (non-hydrogen) atoms. The maximum absolute atomic E-state index is 12.0. The molecular formula is C41H82NO7+. The van der Waals surface area contributed by atoms with Gasteiger partial charge in [0.15, 0.2) is 0 Å². The van der Waals surface area contributed by atoms with Crippen molar-refractivity contribution in [2.45, 2.75) is 206 Å². The molecule has 0 aliphatic heterocycles. The number of aliphatic hydroxyl groups is 1. The summed E-state index contributed by atoms with van der Waals surface area (Å²) in [5.41, 5.74) is 0. The molecule has 2 unspecified atom stereocenters. The van der Waals surface area contributed by atoms with Crippen molar-refractivity contribution in [1.29, 1.82) is 0 Å². The number of ether oxygens (including phenoxy) is 3. The van der Waals surface area contributed by atoms with Gasteiger partial charge in [-0.05, 0) is 6.42 Å². The minimum atomic E-state index is -1.46. The Bertz CT molecular complexity index is 727. The monoisotopic (exact) mass is 701 g/mol. The lowest BCUT2D eigenvalue weighted by atomic mass is 10.0. The van der Waals surface area contributed by atoms with Crippen molar-refractivity contribution < 1.29 is 38.5 Å². The molecule has 8 heteroatoms. The molecule has 0 fully saturated rings. The van der Waals surface area contributed by atoms with Gasteiger partial charge >= 0.3 is 11.9 Å². The zero-order valence-corrected chi connectivity index (χ0v) is 32.9. The Morgan fingerprint density at radius 1 is 0.531 bits per heavy atom. The largest absolute Gasteiger partial charge is 0.477 e. The van der Waals surface area contributed by atoms with E-state index in [4.69, 9.17) is 14.2 Å². The maximum Gasteiger partial charge on any atom is 0.361 e. The second-order valence-corrected chi connectivity index (χ2v) is 15.5. The second kappa shape index (κ2) is 35.2. The molecule has 0 aromatic carbocycles. The van der Waals surface area contributed by atoms with Gasteiger partial charge in [-0.25, -0.2) is 4.79 Å². The molecule has 2 atom stereocenters. The number of aliphatic hydroxyl groups excluding tert-OH is 1. The zero-order chi connectivity index (χ0) is 36.3. The molecule has 8 nitrogen and oxygen atoms in total. The predicted octanol–water partition coefficient (Wildman–Crippen LogP) is 10.4. The smallest absolute Gasteiger partial charge is 0.361 e. The van der Waals surface area contributed by atoms with Crippen LogP contribution in [0.1, 0.15) is 193 Å². The van der Waals surface area contributed by atoms with Gasteiger partial charge in [0, 0.05) is 6.42 Å². The van der Waals surface area contributed by atoms with Gasteiger partial charge in [-0.1, -0.05) is 180 Å². The Kier molecular flexibility index (Phi) is 34.3. The quantitative estimate of drug-likeness (QED) is 0.0285. The summed E-state index contributed by atoms with van der Waals surface area (Å²) in [5.74, 6) is -1.60. The summed E-state index contributed by atoms with van der Waals surface area (Å²) in [6.45, 7) is 2.62. The summed E-state index contributed by atoms with van der Waals surface area (Å²) in [6.07, 6.45) is 35.9. The van der Waals surface area contributed by atoms with E-state index in [-0.39, 0.29) is 25.8 Å². The van der Waals surface area contributed by atoms with Gasteiger partial charge in [-0.3, -0.25) is 4.79 Å². The first-order chi connectivity index (χ1) is 23.7. The summed E-state index contributed by atoms with van der Waals surface area (Å²) >= 11 is 0. The number of nitrogens with zero attached hydrogens (tertiary/aromatic N) is 1. The van der Waals surface area contributed by atoms with Gasteiger partial charge in [0.05, 0.1) is 34.4 Å². The third kappa shape index (κ3) is 37.9. The Labute approximate surface area is 303 Å². The summed E-state index contributed by atoms with van der Waals surface area (Å²) in [4.78, 5) is 23.3. The molecule has 0 amide bonds. The maximum atomic E-state index is 12.0. The second-order valence-electron chi connectivity index (χ2n) is 15.5. The molecule has 0 radical (unpaired) electrons. The van der Waals surface area contributed by atoms with Crippen LogP contribution < -0.4 is 0 Å². The number of quaternary nitrogens is 1. The number of hydrogen-bond acceptors (Lipinski definition) is 6. The molecule has 2 N–H and O–H groups in total. The number of aliphatic carboxylic acids is 1. The number of carboxylic acid groups (broad SMARTS) is 1. The Hall–Kier alpha value is -1.22. The normalized spacial score (nSPS) is 13.1. The molecule has 0 bridgehead atoms. The lowest BCUT2D eigenvalue weighted by Crippen LogP contribution is -2.40. The number of rotatable bonds is 39. The Balaban J connectivity index is 3.37. The highest BCUT2D eigenvalue weighted by atomic mass is 16.7. The molecule has 0 saturated carbocycles. The lowest BCUT2D eigenvalue weighted by molar-refractivity contribution is -0.870. The molecule has 0 aliphatic rings. The van der Waals surface area contributed by atoms with E-state index in [1.165, 1.54) is 161 Å². The van der Waals surface area contributed by atoms with Crippen LogP contribution >= 0.6 is 0 Å². The van der Waals surface area contributed by atoms with E-state index in [0.717, 1.165) is 19.3 Å². The average Bonchev–Trinajstić information content (AvgIpc) is 3.05. The van der Waals surface area contributed by atoms with Crippen molar-refractivity contribution in [3.05, 3.63) is 0 Å². The van der Waals surface area contributed by atoms with Crippen LogP contribution in [0.4, 0.5) is 0 Å². The zero-order valence-electron chi connectivity index (χ0n) is 32.9. The van der Waals surface area contributed by atoms with Crippen molar-refractivity contribution in [1.82, 2.24) is 0 Å². The highest BCUT2D eigenvalue weighted by Crippen LogP contribution is 2.16. The van der Waals surface area contributed by atoms with Crippen molar-refractivity contribution in [3.63, 3.8) is 0 Å². The minimum Gasteiger partial charge on any atom is -0.477 e. The van der Waals surface area contributed by atoms with E-state index in [9.17, 15) is 19.8 Å². The van der Waals surface area contributed by atoms with E-state index in [1.807, 2.05) is 21.1 Å². The topological polar surface area (TPSA) is 102 Å². The highest BCUT2D eigenvalue weighted by molar-refractivity contribution is 5.70. The van der Waals surface area contributed by atoms with E-state index in [2.05, 4.69) is 6.92 Å². The minimum absolute atomic E-state index is 0.214.